The van der Waals surface area contributed by atoms with Crippen molar-refractivity contribution in [3.8, 4) is 0 Å². The minimum absolute atomic E-state index is 0.325. The van der Waals surface area contributed by atoms with Crippen LogP contribution in [0.25, 0.3) is 0 Å². The number of hydrogen-bond acceptors (Lipinski definition) is 3. The summed E-state index contributed by atoms with van der Waals surface area (Å²) in [5.41, 5.74) is 7.44. The Morgan fingerprint density at radius 2 is 2.05 bits per heavy atom. The third kappa shape index (κ3) is 5.27. The number of anilines is 1. The van der Waals surface area contributed by atoms with E-state index in [0.717, 1.165) is 24.2 Å². The van der Waals surface area contributed by atoms with Crippen LogP contribution in [0.4, 0.5) is 5.69 Å². The first-order valence-electron chi connectivity index (χ1n) is 6.80. The third-order valence-electron chi connectivity index (χ3n) is 2.96. The monoisotopic (exact) mass is 313 g/mol. The van der Waals surface area contributed by atoms with Crippen LogP contribution in [0, 0.1) is 5.92 Å². The molecule has 0 bridgehead atoms. The fraction of sp³-hybridized carbons (Fsp3) is 0.533. The smallest absolute Gasteiger partial charge is 0.107 e. The Morgan fingerprint density at radius 1 is 1.40 bits per heavy atom. The first-order chi connectivity index (χ1) is 9.31. The number of benzene rings is 1. The van der Waals surface area contributed by atoms with Crippen LogP contribution >= 0.6 is 23.8 Å². The van der Waals surface area contributed by atoms with E-state index in [9.17, 15) is 0 Å². The van der Waals surface area contributed by atoms with Crippen LogP contribution < -0.4 is 11.1 Å². The van der Waals surface area contributed by atoms with E-state index in [4.69, 9.17) is 29.6 Å². The highest BCUT2D eigenvalue weighted by Crippen LogP contribution is 2.25. The van der Waals surface area contributed by atoms with Gasteiger partial charge in [0.15, 0.2) is 0 Å². The van der Waals surface area contributed by atoms with E-state index in [0.29, 0.717) is 22.0 Å². The minimum Gasteiger partial charge on any atom is -0.389 e. The van der Waals surface area contributed by atoms with Gasteiger partial charge in [0.2, 0.25) is 0 Å². The summed E-state index contributed by atoms with van der Waals surface area (Å²) in [6.07, 6.45) is 1.07. The summed E-state index contributed by atoms with van der Waals surface area (Å²) in [6.45, 7) is 5.38. The topological polar surface area (TPSA) is 41.3 Å². The lowest BCUT2D eigenvalue weighted by Crippen LogP contribution is -2.34. The predicted octanol–water partition coefficient (Wildman–Crippen LogP) is 3.36. The SMILES string of the molecule is CC(C)CC(CN(C)C)Nc1cccc(Cl)c1C(N)=S. The molecule has 0 radical (unpaired) electrons. The summed E-state index contributed by atoms with van der Waals surface area (Å²) >= 11 is 11.3. The number of halogens is 1. The van der Waals surface area contributed by atoms with Gasteiger partial charge in [-0.15, -0.1) is 0 Å². The van der Waals surface area contributed by atoms with Crippen LogP contribution in [-0.2, 0) is 0 Å². The molecular formula is C15H24ClN3S. The van der Waals surface area contributed by atoms with Gasteiger partial charge in [0.05, 0.1) is 10.6 Å². The van der Waals surface area contributed by atoms with Crippen molar-refractivity contribution in [2.75, 3.05) is 26.0 Å². The van der Waals surface area contributed by atoms with E-state index in [1.807, 2.05) is 18.2 Å². The van der Waals surface area contributed by atoms with Crippen molar-refractivity contribution in [2.24, 2.45) is 11.7 Å². The van der Waals surface area contributed by atoms with Crippen LogP contribution in [0.15, 0.2) is 18.2 Å². The van der Waals surface area contributed by atoms with Gasteiger partial charge in [-0.3, -0.25) is 0 Å². The van der Waals surface area contributed by atoms with Crippen molar-refractivity contribution in [3.63, 3.8) is 0 Å². The number of likely N-dealkylation sites (N-methyl/N-ethyl adjacent to an activating group) is 1. The van der Waals surface area contributed by atoms with Gasteiger partial charge >= 0.3 is 0 Å². The zero-order chi connectivity index (χ0) is 15.3. The standard InChI is InChI=1S/C15H24ClN3S/c1-10(2)8-11(9-19(3)4)18-13-7-5-6-12(16)14(13)15(17)20/h5-7,10-11,18H,8-9H2,1-4H3,(H2,17,20). The second kappa shape index (κ2) is 7.81. The average Bonchev–Trinajstić information content (AvgIpc) is 2.26. The molecule has 5 heteroatoms. The molecule has 1 atom stereocenters. The van der Waals surface area contributed by atoms with Crippen LogP contribution in [-0.4, -0.2) is 36.6 Å². The maximum absolute atomic E-state index is 6.20. The van der Waals surface area contributed by atoms with E-state index in [2.05, 4.69) is 38.2 Å². The molecule has 1 rings (SSSR count). The second-order valence-electron chi connectivity index (χ2n) is 5.76. The van der Waals surface area contributed by atoms with Gasteiger partial charge < -0.3 is 16.0 Å². The summed E-state index contributed by atoms with van der Waals surface area (Å²) in [5, 5.41) is 4.13. The highest BCUT2D eigenvalue weighted by atomic mass is 35.5. The molecule has 0 heterocycles. The molecule has 0 spiro atoms. The predicted molar refractivity (Wildman–Crippen MR) is 92.8 cm³/mol. The molecule has 0 fully saturated rings. The lowest BCUT2D eigenvalue weighted by Gasteiger charge is -2.26. The molecule has 0 aliphatic carbocycles. The maximum atomic E-state index is 6.20. The maximum Gasteiger partial charge on any atom is 0.107 e. The molecule has 1 aromatic carbocycles. The van der Waals surface area contributed by atoms with Gasteiger partial charge in [0, 0.05) is 18.3 Å². The van der Waals surface area contributed by atoms with Gasteiger partial charge in [-0.2, -0.15) is 0 Å². The number of nitrogens with zero attached hydrogens (tertiary/aromatic N) is 1. The number of hydrogen-bond donors (Lipinski definition) is 2. The Morgan fingerprint density at radius 3 is 2.55 bits per heavy atom. The van der Waals surface area contributed by atoms with Crippen molar-refractivity contribution < 1.29 is 0 Å². The molecular weight excluding hydrogens is 290 g/mol. The Balaban J connectivity index is 2.98. The molecule has 0 aliphatic heterocycles. The van der Waals surface area contributed by atoms with Crippen molar-refractivity contribution in [2.45, 2.75) is 26.3 Å². The van der Waals surface area contributed by atoms with Crippen molar-refractivity contribution in [3.05, 3.63) is 28.8 Å². The first-order valence-corrected chi connectivity index (χ1v) is 7.59. The van der Waals surface area contributed by atoms with Crippen LogP contribution in [0.3, 0.4) is 0 Å². The fourth-order valence-electron chi connectivity index (χ4n) is 2.30. The van der Waals surface area contributed by atoms with Crippen LogP contribution in [0.2, 0.25) is 5.02 Å². The van der Waals surface area contributed by atoms with Crippen molar-refractivity contribution in [1.82, 2.24) is 4.90 Å². The van der Waals surface area contributed by atoms with Gasteiger partial charge in [0.1, 0.15) is 4.99 Å². The number of nitrogens with two attached hydrogens (primary N) is 1. The molecule has 0 saturated carbocycles. The molecule has 0 amide bonds. The van der Waals surface area contributed by atoms with E-state index < -0.39 is 0 Å². The summed E-state index contributed by atoms with van der Waals surface area (Å²) in [7, 11) is 4.14. The van der Waals surface area contributed by atoms with Crippen molar-refractivity contribution in [1.29, 1.82) is 0 Å². The Hall–Kier alpha value is -0.840. The van der Waals surface area contributed by atoms with Gasteiger partial charge in [0.25, 0.3) is 0 Å². The van der Waals surface area contributed by atoms with Gasteiger partial charge in [-0.25, -0.2) is 0 Å². The quantitative estimate of drug-likeness (QED) is 0.757. The van der Waals surface area contributed by atoms with Gasteiger partial charge in [-0.1, -0.05) is 43.7 Å². The van der Waals surface area contributed by atoms with E-state index in [1.54, 1.807) is 0 Å². The summed E-state index contributed by atoms with van der Waals surface area (Å²) in [4.78, 5) is 2.50. The lowest BCUT2D eigenvalue weighted by atomic mass is 10.0. The normalized spacial score (nSPS) is 12.8. The molecule has 3 nitrogen and oxygen atoms in total. The third-order valence-corrected chi connectivity index (χ3v) is 3.48. The Bertz CT molecular complexity index is 450. The zero-order valence-corrected chi connectivity index (χ0v) is 14.2. The summed E-state index contributed by atoms with van der Waals surface area (Å²) in [5.74, 6) is 0.611. The highest BCUT2D eigenvalue weighted by molar-refractivity contribution is 7.80. The van der Waals surface area contributed by atoms with Crippen molar-refractivity contribution >= 4 is 34.5 Å². The fourth-order valence-corrected chi connectivity index (χ4v) is 2.86. The van der Waals surface area contributed by atoms with E-state index in [-0.39, 0.29) is 0 Å². The molecule has 112 valence electrons. The Kier molecular flexibility index (Phi) is 6.72. The summed E-state index contributed by atoms with van der Waals surface area (Å²) < 4.78 is 0. The molecule has 20 heavy (non-hydrogen) atoms. The lowest BCUT2D eigenvalue weighted by molar-refractivity contribution is 0.356. The highest BCUT2D eigenvalue weighted by Gasteiger charge is 2.16. The van der Waals surface area contributed by atoms with Gasteiger partial charge in [-0.05, 0) is 38.6 Å². The van der Waals surface area contributed by atoms with Crippen LogP contribution in [0.1, 0.15) is 25.8 Å². The average molecular weight is 314 g/mol. The number of nitrogens with one attached hydrogen (secondary N) is 1. The Labute approximate surface area is 132 Å². The molecule has 0 aromatic heterocycles. The van der Waals surface area contributed by atoms with E-state index in [1.165, 1.54) is 0 Å². The van der Waals surface area contributed by atoms with Crippen LogP contribution in [0.5, 0.6) is 0 Å². The molecule has 1 unspecified atom stereocenters. The zero-order valence-electron chi connectivity index (χ0n) is 12.6. The molecule has 0 saturated heterocycles. The first kappa shape index (κ1) is 17.2. The molecule has 1 aromatic rings. The number of rotatable bonds is 7. The minimum atomic E-state index is 0.325. The largest absolute Gasteiger partial charge is 0.389 e. The second-order valence-corrected chi connectivity index (χ2v) is 6.61. The number of thiocarbonyl (C=S) groups is 1. The van der Waals surface area contributed by atoms with E-state index >= 15 is 0 Å². The summed E-state index contributed by atoms with van der Waals surface area (Å²) in [6, 6.07) is 6.03. The molecule has 0 aliphatic rings. The molecule has 3 N–H and O–H groups in total.